The van der Waals surface area contributed by atoms with Crippen molar-refractivity contribution in [2.45, 2.75) is 32.9 Å². The van der Waals surface area contributed by atoms with Crippen LogP contribution in [0.15, 0.2) is 30.6 Å². The van der Waals surface area contributed by atoms with Gasteiger partial charge in [-0.1, -0.05) is 6.07 Å². The van der Waals surface area contributed by atoms with E-state index in [1.165, 1.54) is 13.2 Å². The zero-order valence-electron chi connectivity index (χ0n) is 12.2. The number of hydrogen-bond donors (Lipinski definition) is 1. The van der Waals surface area contributed by atoms with Gasteiger partial charge in [-0.2, -0.15) is 5.10 Å². The van der Waals surface area contributed by atoms with Gasteiger partial charge >= 0.3 is 0 Å². The fraction of sp³-hybridized carbons (Fsp3) is 0.400. The predicted octanol–water partition coefficient (Wildman–Crippen LogP) is 3.78. The third-order valence-corrected chi connectivity index (χ3v) is 3.19. The van der Waals surface area contributed by atoms with Gasteiger partial charge in [0.2, 0.25) is 0 Å². The maximum Gasteiger partial charge on any atom is 0.165 e. The van der Waals surface area contributed by atoms with Crippen LogP contribution in [0, 0.1) is 5.82 Å². The van der Waals surface area contributed by atoms with E-state index in [2.05, 4.69) is 24.3 Å². The number of nitrogens with one attached hydrogen (secondary N) is 1. The van der Waals surface area contributed by atoms with Crippen LogP contribution in [-0.2, 0) is 0 Å². The Labute approximate surface area is 118 Å². The number of ether oxygens (including phenoxy) is 1. The van der Waals surface area contributed by atoms with E-state index >= 15 is 0 Å². The fourth-order valence-corrected chi connectivity index (χ4v) is 1.98. The molecule has 20 heavy (non-hydrogen) atoms. The fourth-order valence-electron chi connectivity index (χ4n) is 1.98. The second-order valence-electron chi connectivity index (χ2n) is 5.06. The standard InChI is InChI=1S/C15H20FN3O/c1-10(2)19-9-13(8-17-19)18-11(3)12-5-6-15(20-4)14(16)7-12/h5-11,18H,1-4H3. The average Bonchev–Trinajstić information content (AvgIpc) is 2.87. The molecule has 5 heteroatoms. The second-order valence-corrected chi connectivity index (χ2v) is 5.06. The van der Waals surface area contributed by atoms with E-state index in [0.717, 1.165) is 11.3 Å². The summed E-state index contributed by atoms with van der Waals surface area (Å²) in [4.78, 5) is 0. The molecule has 1 atom stereocenters. The van der Waals surface area contributed by atoms with Crippen LogP contribution in [0.3, 0.4) is 0 Å². The maximum absolute atomic E-state index is 13.7. The zero-order chi connectivity index (χ0) is 14.7. The molecule has 0 aliphatic heterocycles. The lowest BCUT2D eigenvalue weighted by atomic mass is 10.1. The minimum absolute atomic E-state index is 0.0137. The van der Waals surface area contributed by atoms with E-state index < -0.39 is 0 Å². The highest BCUT2D eigenvalue weighted by Crippen LogP contribution is 2.24. The highest BCUT2D eigenvalue weighted by Gasteiger charge is 2.11. The van der Waals surface area contributed by atoms with Gasteiger partial charge in [-0.05, 0) is 38.5 Å². The van der Waals surface area contributed by atoms with E-state index in [1.54, 1.807) is 12.3 Å². The summed E-state index contributed by atoms with van der Waals surface area (Å²) < 4.78 is 20.5. The van der Waals surface area contributed by atoms with E-state index in [9.17, 15) is 4.39 Å². The number of aromatic nitrogens is 2. The Balaban J connectivity index is 2.10. The SMILES string of the molecule is COc1ccc(C(C)Nc2cnn(C(C)C)c2)cc1F. The number of benzene rings is 1. The summed E-state index contributed by atoms with van der Waals surface area (Å²) in [6.07, 6.45) is 3.72. The highest BCUT2D eigenvalue weighted by atomic mass is 19.1. The van der Waals surface area contributed by atoms with E-state index in [0.29, 0.717) is 6.04 Å². The summed E-state index contributed by atoms with van der Waals surface area (Å²) in [7, 11) is 1.46. The predicted molar refractivity (Wildman–Crippen MR) is 77.6 cm³/mol. The molecule has 1 aromatic carbocycles. The van der Waals surface area contributed by atoms with Crippen LogP contribution in [0.2, 0.25) is 0 Å². The molecular weight excluding hydrogens is 257 g/mol. The van der Waals surface area contributed by atoms with Crippen LogP contribution < -0.4 is 10.1 Å². The summed E-state index contributed by atoms with van der Waals surface area (Å²) in [6.45, 7) is 6.12. The molecule has 0 saturated heterocycles. The summed E-state index contributed by atoms with van der Waals surface area (Å²) in [6, 6.07) is 5.29. The summed E-state index contributed by atoms with van der Waals surface area (Å²) in [5, 5.41) is 7.57. The molecule has 1 heterocycles. The molecule has 2 aromatic rings. The highest BCUT2D eigenvalue weighted by molar-refractivity contribution is 5.42. The summed E-state index contributed by atoms with van der Waals surface area (Å²) >= 11 is 0. The van der Waals surface area contributed by atoms with E-state index in [4.69, 9.17) is 4.74 Å². The van der Waals surface area contributed by atoms with Crippen LogP contribution in [0.5, 0.6) is 5.75 Å². The monoisotopic (exact) mass is 277 g/mol. The number of anilines is 1. The number of hydrogen-bond acceptors (Lipinski definition) is 3. The third kappa shape index (κ3) is 3.10. The lowest BCUT2D eigenvalue weighted by Crippen LogP contribution is -2.07. The molecule has 1 aromatic heterocycles. The zero-order valence-corrected chi connectivity index (χ0v) is 12.2. The first-order valence-electron chi connectivity index (χ1n) is 6.65. The van der Waals surface area contributed by atoms with Crippen LogP contribution in [0.1, 0.15) is 38.4 Å². The molecular formula is C15H20FN3O. The number of methoxy groups -OCH3 is 1. The normalized spacial score (nSPS) is 12.5. The first kappa shape index (κ1) is 14.4. The number of halogens is 1. The van der Waals surface area contributed by atoms with Gasteiger partial charge < -0.3 is 10.1 Å². The molecule has 4 nitrogen and oxygen atoms in total. The largest absolute Gasteiger partial charge is 0.494 e. The topological polar surface area (TPSA) is 39.1 Å². The number of nitrogens with zero attached hydrogens (tertiary/aromatic N) is 2. The van der Waals surface area contributed by atoms with Crippen molar-refractivity contribution in [2.75, 3.05) is 12.4 Å². The molecule has 0 radical (unpaired) electrons. The molecule has 0 aliphatic rings. The Bertz CT molecular complexity index is 580. The molecule has 1 unspecified atom stereocenters. The molecule has 1 N–H and O–H groups in total. The van der Waals surface area contributed by atoms with Crippen molar-refractivity contribution in [3.63, 3.8) is 0 Å². The summed E-state index contributed by atoms with van der Waals surface area (Å²) in [5.41, 5.74) is 1.78. The van der Waals surface area contributed by atoms with Crippen LogP contribution >= 0.6 is 0 Å². The minimum Gasteiger partial charge on any atom is -0.494 e. The first-order valence-corrected chi connectivity index (χ1v) is 6.65. The third-order valence-electron chi connectivity index (χ3n) is 3.19. The van der Waals surface area contributed by atoms with Crippen molar-refractivity contribution in [2.24, 2.45) is 0 Å². The van der Waals surface area contributed by atoms with Crippen LogP contribution in [0.25, 0.3) is 0 Å². The van der Waals surface area contributed by atoms with Crippen molar-refractivity contribution in [3.8, 4) is 5.75 Å². The lowest BCUT2D eigenvalue weighted by molar-refractivity contribution is 0.386. The van der Waals surface area contributed by atoms with Gasteiger partial charge in [0.15, 0.2) is 11.6 Å². The van der Waals surface area contributed by atoms with Gasteiger partial charge in [0.05, 0.1) is 19.0 Å². The van der Waals surface area contributed by atoms with Crippen molar-refractivity contribution in [1.29, 1.82) is 0 Å². The van der Waals surface area contributed by atoms with Gasteiger partial charge in [-0.25, -0.2) is 4.39 Å². The van der Waals surface area contributed by atoms with E-state index in [-0.39, 0.29) is 17.6 Å². The van der Waals surface area contributed by atoms with Gasteiger partial charge in [0, 0.05) is 18.3 Å². The minimum atomic E-state index is -0.350. The van der Waals surface area contributed by atoms with Gasteiger partial charge in [-0.15, -0.1) is 0 Å². The van der Waals surface area contributed by atoms with Gasteiger partial charge in [0.1, 0.15) is 0 Å². The average molecular weight is 277 g/mol. The van der Waals surface area contributed by atoms with Crippen molar-refractivity contribution in [1.82, 2.24) is 9.78 Å². The molecule has 0 spiro atoms. The lowest BCUT2D eigenvalue weighted by Gasteiger charge is -2.15. The summed E-state index contributed by atoms with van der Waals surface area (Å²) in [5.74, 6) is -0.0925. The smallest absolute Gasteiger partial charge is 0.165 e. The Morgan fingerprint density at radius 2 is 2.05 bits per heavy atom. The molecule has 0 saturated carbocycles. The van der Waals surface area contributed by atoms with Crippen LogP contribution in [0.4, 0.5) is 10.1 Å². The molecule has 0 bridgehead atoms. The Morgan fingerprint density at radius 1 is 1.30 bits per heavy atom. The second kappa shape index (κ2) is 5.94. The Hall–Kier alpha value is -2.04. The number of rotatable bonds is 5. The van der Waals surface area contributed by atoms with Gasteiger partial charge in [0.25, 0.3) is 0 Å². The molecule has 0 fully saturated rings. The first-order chi connectivity index (χ1) is 9.51. The van der Waals surface area contributed by atoms with Crippen molar-refractivity contribution >= 4 is 5.69 Å². The Kier molecular flexibility index (Phi) is 4.27. The quantitative estimate of drug-likeness (QED) is 0.904. The Morgan fingerprint density at radius 3 is 2.60 bits per heavy atom. The molecule has 108 valence electrons. The van der Waals surface area contributed by atoms with Crippen molar-refractivity contribution < 1.29 is 9.13 Å². The maximum atomic E-state index is 13.7. The molecule has 0 aliphatic carbocycles. The molecule has 0 amide bonds. The van der Waals surface area contributed by atoms with Gasteiger partial charge in [-0.3, -0.25) is 4.68 Å². The van der Waals surface area contributed by atoms with Crippen molar-refractivity contribution in [3.05, 3.63) is 42.0 Å². The van der Waals surface area contributed by atoms with Crippen LogP contribution in [-0.4, -0.2) is 16.9 Å². The molecule has 2 rings (SSSR count). The van der Waals surface area contributed by atoms with E-state index in [1.807, 2.05) is 23.9 Å².